The van der Waals surface area contributed by atoms with E-state index in [9.17, 15) is 5.26 Å². The third kappa shape index (κ3) is 2.91. The number of oxazole rings is 1. The minimum Gasteiger partial charge on any atom is -0.419 e. The molecule has 0 radical (unpaired) electrons. The molecule has 0 saturated carbocycles. The van der Waals surface area contributed by atoms with Gasteiger partial charge in [-0.15, -0.1) is 0 Å². The van der Waals surface area contributed by atoms with Gasteiger partial charge in [0.2, 0.25) is 17.5 Å². The minimum atomic E-state index is 0.184. The monoisotopic (exact) mass is 283 g/mol. The Morgan fingerprint density at radius 1 is 1.43 bits per heavy atom. The van der Waals surface area contributed by atoms with Crippen molar-refractivity contribution in [3.63, 3.8) is 0 Å². The molecule has 0 aliphatic carbocycles. The van der Waals surface area contributed by atoms with Gasteiger partial charge in [0.1, 0.15) is 6.07 Å². The van der Waals surface area contributed by atoms with E-state index in [1.165, 1.54) is 0 Å². The summed E-state index contributed by atoms with van der Waals surface area (Å²) in [5.74, 6) is 0.894. The van der Waals surface area contributed by atoms with Crippen LogP contribution in [0.3, 0.4) is 0 Å². The average Bonchev–Trinajstić information content (AvgIpc) is 3.14. The zero-order chi connectivity index (χ0) is 14.7. The van der Waals surface area contributed by atoms with E-state index < -0.39 is 0 Å². The molecule has 1 aliphatic heterocycles. The van der Waals surface area contributed by atoms with Crippen molar-refractivity contribution >= 4 is 5.88 Å². The highest BCUT2D eigenvalue weighted by atomic mass is 16.5. The number of aromatic nitrogens is 1. The normalized spacial score (nSPS) is 17.6. The maximum atomic E-state index is 9.20. The lowest BCUT2D eigenvalue weighted by atomic mass is 10.1. The molecule has 2 heterocycles. The summed E-state index contributed by atoms with van der Waals surface area (Å²) in [6.07, 6.45) is 2.30. The number of anilines is 1. The van der Waals surface area contributed by atoms with Crippen LogP contribution in [0.1, 0.15) is 24.1 Å². The summed E-state index contributed by atoms with van der Waals surface area (Å²) in [7, 11) is 0. The Hall–Kier alpha value is -2.32. The number of nitrogens with one attached hydrogen (secondary N) is 1. The molecule has 0 amide bonds. The van der Waals surface area contributed by atoms with Crippen LogP contribution >= 0.6 is 0 Å². The molecule has 0 unspecified atom stereocenters. The van der Waals surface area contributed by atoms with Crippen LogP contribution in [0.15, 0.2) is 28.7 Å². The Balaban J connectivity index is 1.81. The Bertz CT molecular complexity index is 666. The summed E-state index contributed by atoms with van der Waals surface area (Å²) in [6, 6.07) is 9.89. The van der Waals surface area contributed by atoms with Crippen molar-refractivity contribution in [1.82, 2.24) is 4.98 Å². The van der Waals surface area contributed by atoms with Gasteiger partial charge in [-0.25, -0.2) is 0 Å². The number of benzene rings is 1. The first-order valence-corrected chi connectivity index (χ1v) is 7.10. The van der Waals surface area contributed by atoms with Gasteiger partial charge in [-0.3, -0.25) is 0 Å². The van der Waals surface area contributed by atoms with Gasteiger partial charge >= 0.3 is 0 Å². The molecular formula is C16H17N3O2. The number of aryl methyl sites for hydroxylation is 1. The van der Waals surface area contributed by atoms with E-state index in [2.05, 4.69) is 16.4 Å². The summed E-state index contributed by atoms with van der Waals surface area (Å²) < 4.78 is 11.3. The maximum Gasteiger partial charge on any atom is 0.232 e. The molecule has 2 aromatic rings. The lowest BCUT2D eigenvalue weighted by molar-refractivity contribution is 0.120. The topological polar surface area (TPSA) is 71.1 Å². The third-order valence-electron chi connectivity index (χ3n) is 3.62. The summed E-state index contributed by atoms with van der Waals surface area (Å²) in [4.78, 5) is 4.27. The van der Waals surface area contributed by atoms with E-state index in [-0.39, 0.29) is 11.8 Å². The highest BCUT2D eigenvalue weighted by molar-refractivity contribution is 5.62. The molecule has 1 N–H and O–H groups in total. The van der Waals surface area contributed by atoms with E-state index in [0.717, 1.165) is 30.6 Å². The number of hydrogen-bond donors (Lipinski definition) is 1. The molecule has 1 aliphatic rings. The first-order chi connectivity index (χ1) is 10.3. The van der Waals surface area contributed by atoms with E-state index >= 15 is 0 Å². The smallest absolute Gasteiger partial charge is 0.232 e. The highest BCUT2D eigenvalue weighted by Crippen LogP contribution is 2.27. The van der Waals surface area contributed by atoms with Gasteiger partial charge in [-0.2, -0.15) is 10.2 Å². The Morgan fingerprint density at radius 3 is 3.00 bits per heavy atom. The highest BCUT2D eigenvalue weighted by Gasteiger charge is 2.19. The summed E-state index contributed by atoms with van der Waals surface area (Å²) in [5.41, 5.74) is 2.25. The molecular weight excluding hydrogens is 266 g/mol. The predicted octanol–water partition coefficient (Wildman–Crippen LogP) is 3.11. The molecule has 3 rings (SSSR count). The molecule has 5 heteroatoms. The molecule has 0 spiro atoms. The van der Waals surface area contributed by atoms with Crippen molar-refractivity contribution in [2.75, 3.05) is 18.5 Å². The number of rotatable bonds is 4. The molecule has 1 fully saturated rings. The largest absolute Gasteiger partial charge is 0.419 e. The zero-order valence-corrected chi connectivity index (χ0v) is 11.9. The van der Waals surface area contributed by atoms with Gasteiger partial charge in [0.05, 0.1) is 6.10 Å². The second-order valence-electron chi connectivity index (χ2n) is 5.14. The molecule has 1 aromatic heterocycles. The van der Waals surface area contributed by atoms with Crippen molar-refractivity contribution in [2.24, 2.45) is 0 Å². The van der Waals surface area contributed by atoms with Crippen LogP contribution in [0, 0.1) is 18.3 Å². The zero-order valence-electron chi connectivity index (χ0n) is 11.9. The standard InChI is InChI=1S/C16H17N3O2/c1-11-5-2-3-7-13(11)15-19-14(9-17)16(21-15)18-10-12-6-4-8-20-12/h2-3,5,7,12,18H,4,6,8,10H2,1H3/t12-/m0/s1. The molecule has 1 saturated heterocycles. The van der Waals surface area contributed by atoms with Gasteiger partial charge in [-0.1, -0.05) is 18.2 Å². The summed E-state index contributed by atoms with van der Waals surface area (Å²) in [5, 5.41) is 12.3. The molecule has 1 aromatic carbocycles. The number of ether oxygens (including phenoxy) is 1. The average molecular weight is 283 g/mol. The van der Waals surface area contributed by atoms with Crippen LogP contribution < -0.4 is 5.32 Å². The van der Waals surface area contributed by atoms with Crippen molar-refractivity contribution < 1.29 is 9.15 Å². The van der Waals surface area contributed by atoms with Crippen LogP contribution in [-0.2, 0) is 4.74 Å². The quantitative estimate of drug-likeness (QED) is 0.933. The van der Waals surface area contributed by atoms with Gasteiger partial charge in [0.25, 0.3) is 0 Å². The number of hydrogen-bond acceptors (Lipinski definition) is 5. The van der Waals surface area contributed by atoms with Crippen LogP contribution in [0.5, 0.6) is 0 Å². The Labute approximate surface area is 123 Å². The van der Waals surface area contributed by atoms with Crippen LogP contribution in [0.2, 0.25) is 0 Å². The first-order valence-electron chi connectivity index (χ1n) is 7.10. The van der Waals surface area contributed by atoms with Gasteiger partial charge < -0.3 is 14.5 Å². The lowest BCUT2D eigenvalue weighted by Gasteiger charge is -2.09. The number of nitrogens with zero attached hydrogens (tertiary/aromatic N) is 2. The molecule has 108 valence electrons. The fraction of sp³-hybridized carbons (Fsp3) is 0.375. The summed E-state index contributed by atoms with van der Waals surface area (Å²) in [6.45, 7) is 3.43. The third-order valence-corrected chi connectivity index (χ3v) is 3.62. The van der Waals surface area contributed by atoms with E-state index in [4.69, 9.17) is 9.15 Å². The van der Waals surface area contributed by atoms with Crippen LogP contribution in [0.4, 0.5) is 5.88 Å². The number of nitriles is 1. The van der Waals surface area contributed by atoms with Gasteiger partial charge in [0.15, 0.2) is 0 Å². The molecule has 21 heavy (non-hydrogen) atoms. The van der Waals surface area contributed by atoms with Crippen molar-refractivity contribution in [3.05, 3.63) is 35.5 Å². The van der Waals surface area contributed by atoms with Crippen LogP contribution in [-0.4, -0.2) is 24.2 Å². The fourth-order valence-electron chi connectivity index (χ4n) is 2.46. The van der Waals surface area contributed by atoms with E-state index in [0.29, 0.717) is 18.3 Å². The summed E-state index contributed by atoms with van der Waals surface area (Å²) >= 11 is 0. The Kier molecular flexibility index (Phi) is 3.89. The van der Waals surface area contributed by atoms with Gasteiger partial charge in [-0.05, 0) is 31.4 Å². The first kappa shape index (κ1) is 13.7. The van der Waals surface area contributed by atoms with Crippen molar-refractivity contribution in [2.45, 2.75) is 25.9 Å². The molecule has 5 nitrogen and oxygen atoms in total. The predicted molar refractivity (Wildman–Crippen MR) is 78.9 cm³/mol. The molecule has 0 bridgehead atoms. The lowest BCUT2D eigenvalue weighted by Crippen LogP contribution is -2.18. The van der Waals surface area contributed by atoms with E-state index in [1.807, 2.05) is 31.2 Å². The molecule has 1 atom stereocenters. The second kappa shape index (κ2) is 5.98. The van der Waals surface area contributed by atoms with Crippen LogP contribution in [0.25, 0.3) is 11.5 Å². The second-order valence-corrected chi connectivity index (χ2v) is 5.14. The minimum absolute atomic E-state index is 0.184. The Morgan fingerprint density at radius 2 is 2.29 bits per heavy atom. The fourth-order valence-corrected chi connectivity index (χ4v) is 2.46. The SMILES string of the molecule is Cc1ccccc1-c1nc(C#N)c(NC[C@@H]2CCCO2)o1. The van der Waals surface area contributed by atoms with Crippen molar-refractivity contribution in [1.29, 1.82) is 5.26 Å². The van der Waals surface area contributed by atoms with E-state index in [1.54, 1.807) is 0 Å². The van der Waals surface area contributed by atoms with Gasteiger partial charge in [0, 0.05) is 18.7 Å². The van der Waals surface area contributed by atoms with Crippen molar-refractivity contribution in [3.8, 4) is 17.5 Å². The maximum absolute atomic E-state index is 9.20.